The molecule has 11 rings (SSSR count). The lowest BCUT2D eigenvalue weighted by atomic mass is 10.1. The second-order valence-electron chi connectivity index (χ2n) is 12.8. The number of thiophene rings is 1. The Kier molecular flexibility index (Phi) is 6.05. The van der Waals surface area contributed by atoms with Gasteiger partial charge >= 0.3 is 0 Å². The molecule has 0 spiro atoms. The Balaban J connectivity index is 1.23. The highest BCUT2D eigenvalue weighted by atomic mass is 32.1. The average Bonchev–Trinajstić information content (AvgIpc) is 3.87. The molecule has 0 bridgehead atoms. The molecule has 0 atom stereocenters. The van der Waals surface area contributed by atoms with Crippen LogP contribution in [0, 0.1) is 0 Å². The van der Waals surface area contributed by atoms with Gasteiger partial charge in [-0.15, -0.1) is 11.3 Å². The molecular weight excluding hydrogens is 645 g/mol. The highest BCUT2D eigenvalue weighted by Gasteiger charge is 2.21. The fourth-order valence-electron chi connectivity index (χ4n) is 7.58. The molecule has 0 saturated carbocycles. The zero-order chi connectivity index (χ0) is 33.5. The molecular formula is C45H26N4OS. The summed E-state index contributed by atoms with van der Waals surface area (Å²) in [4.78, 5) is 15.9. The van der Waals surface area contributed by atoms with Crippen molar-refractivity contribution in [2.45, 2.75) is 0 Å². The maximum absolute atomic E-state index is 6.18. The van der Waals surface area contributed by atoms with Gasteiger partial charge in [-0.2, -0.15) is 0 Å². The fourth-order valence-corrected chi connectivity index (χ4v) is 8.79. The molecule has 6 heteroatoms. The first-order valence-corrected chi connectivity index (χ1v) is 17.8. The van der Waals surface area contributed by atoms with Crippen LogP contribution in [0.5, 0.6) is 0 Å². The second kappa shape index (κ2) is 10.9. The Morgan fingerprint density at radius 3 is 1.98 bits per heavy atom. The summed E-state index contributed by atoms with van der Waals surface area (Å²) in [5, 5.41) is 6.87. The number of aromatic nitrogens is 4. The van der Waals surface area contributed by atoms with Crippen molar-refractivity contribution in [3.63, 3.8) is 0 Å². The monoisotopic (exact) mass is 670 g/mol. The van der Waals surface area contributed by atoms with Crippen molar-refractivity contribution in [2.24, 2.45) is 0 Å². The van der Waals surface area contributed by atoms with E-state index >= 15 is 0 Å². The van der Waals surface area contributed by atoms with Gasteiger partial charge in [0.1, 0.15) is 11.2 Å². The largest absolute Gasteiger partial charge is 0.456 e. The minimum Gasteiger partial charge on any atom is -0.456 e. The van der Waals surface area contributed by atoms with Crippen LogP contribution in [0.1, 0.15) is 0 Å². The van der Waals surface area contributed by atoms with Crippen LogP contribution in [-0.4, -0.2) is 19.5 Å². The van der Waals surface area contributed by atoms with Crippen molar-refractivity contribution in [1.29, 1.82) is 0 Å². The van der Waals surface area contributed by atoms with Gasteiger partial charge in [-0.25, -0.2) is 15.0 Å². The Bertz CT molecular complexity index is 3150. The summed E-state index contributed by atoms with van der Waals surface area (Å²) in [6, 6.07) is 54.9. The quantitative estimate of drug-likeness (QED) is 0.187. The molecule has 0 aliphatic heterocycles. The van der Waals surface area contributed by atoms with Gasteiger partial charge in [0.2, 0.25) is 0 Å². The van der Waals surface area contributed by atoms with Crippen LogP contribution >= 0.6 is 11.3 Å². The van der Waals surface area contributed by atoms with Crippen LogP contribution in [0.4, 0.5) is 0 Å². The van der Waals surface area contributed by atoms with Crippen LogP contribution in [-0.2, 0) is 0 Å². The highest BCUT2D eigenvalue weighted by molar-refractivity contribution is 7.26. The van der Waals surface area contributed by atoms with Gasteiger partial charge in [0.15, 0.2) is 17.5 Å². The minimum absolute atomic E-state index is 0.611. The van der Waals surface area contributed by atoms with Crippen molar-refractivity contribution in [3.05, 3.63) is 158 Å². The standard InChI is InChI=1S/C45H26N4OS/c1-2-12-28(13-3-1)49-37-21-7-4-14-29(37)32-17-10-19-34(41(32)49)44-46-43(27-24-25-39-36(26-27)30-15-5-8-22-38(30)50-39)47-45(48-44)35-20-11-18-33-31-16-6-9-23-40(31)51-42(33)35/h1-26H. The van der Waals surface area contributed by atoms with Gasteiger partial charge in [0, 0.05) is 64.1 Å². The number of furan rings is 1. The molecule has 0 aliphatic rings. The van der Waals surface area contributed by atoms with Gasteiger partial charge in [0.05, 0.1) is 11.0 Å². The lowest BCUT2D eigenvalue weighted by Gasteiger charge is -2.13. The van der Waals surface area contributed by atoms with Gasteiger partial charge in [-0.05, 0) is 60.7 Å². The molecule has 4 heterocycles. The maximum Gasteiger partial charge on any atom is 0.166 e. The molecule has 238 valence electrons. The van der Waals surface area contributed by atoms with E-state index in [1.165, 1.54) is 20.9 Å². The van der Waals surface area contributed by atoms with Crippen molar-refractivity contribution in [3.8, 4) is 39.9 Å². The number of rotatable bonds is 4. The van der Waals surface area contributed by atoms with E-state index in [-0.39, 0.29) is 0 Å². The molecule has 0 N–H and O–H groups in total. The first kappa shape index (κ1) is 28.2. The summed E-state index contributed by atoms with van der Waals surface area (Å²) in [5.41, 5.74) is 7.80. The van der Waals surface area contributed by atoms with E-state index in [0.29, 0.717) is 17.5 Å². The summed E-state index contributed by atoms with van der Waals surface area (Å²) in [5.74, 6) is 1.87. The van der Waals surface area contributed by atoms with Crippen molar-refractivity contribution in [1.82, 2.24) is 19.5 Å². The van der Waals surface area contributed by atoms with Crippen molar-refractivity contribution in [2.75, 3.05) is 0 Å². The lowest BCUT2D eigenvalue weighted by molar-refractivity contribution is 0.669. The van der Waals surface area contributed by atoms with Gasteiger partial charge in [-0.3, -0.25) is 0 Å². The molecule has 7 aromatic carbocycles. The van der Waals surface area contributed by atoms with E-state index in [2.05, 4.69) is 138 Å². The molecule has 0 radical (unpaired) electrons. The summed E-state index contributed by atoms with van der Waals surface area (Å²) in [6.45, 7) is 0. The van der Waals surface area contributed by atoms with Gasteiger partial charge in [-0.1, -0.05) is 97.1 Å². The smallest absolute Gasteiger partial charge is 0.166 e. The normalized spacial score (nSPS) is 11.9. The molecule has 11 aromatic rings. The Labute approximate surface area is 295 Å². The zero-order valence-electron chi connectivity index (χ0n) is 27.1. The molecule has 0 saturated heterocycles. The lowest BCUT2D eigenvalue weighted by Crippen LogP contribution is -2.02. The third-order valence-corrected chi connectivity index (χ3v) is 11.1. The van der Waals surface area contributed by atoms with Crippen LogP contribution in [0.15, 0.2) is 162 Å². The average molecular weight is 671 g/mol. The summed E-state index contributed by atoms with van der Waals surface area (Å²) in [6.07, 6.45) is 0. The van der Waals surface area contributed by atoms with Crippen LogP contribution in [0.3, 0.4) is 0 Å². The fraction of sp³-hybridized carbons (Fsp3) is 0. The summed E-state index contributed by atoms with van der Waals surface area (Å²) in [7, 11) is 0. The van der Waals surface area contributed by atoms with Crippen molar-refractivity contribution >= 4 is 75.3 Å². The number of fused-ring (bicyclic) bond motifs is 9. The number of hydrogen-bond donors (Lipinski definition) is 0. The molecule has 0 fully saturated rings. The third-order valence-electron chi connectivity index (χ3n) is 9.87. The Hall–Kier alpha value is -6.63. The predicted molar refractivity (Wildman–Crippen MR) is 211 cm³/mol. The van der Waals surface area contributed by atoms with Crippen LogP contribution in [0.2, 0.25) is 0 Å². The topological polar surface area (TPSA) is 56.7 Å². The molecule has 51 heavy (non-hydrogen) atoms. The molecule has 0 aliphatic carbocycles. The number of para-hydroxylation sites is 4. The molecule has 0 unspecified atom stereocenters. The first-order chi connectivity index (χ1) is 25.3. The Morgan fingerprint density at radius 1 is 0.451 bits per heavy atom. The van der Waals surface area contributed by atoms with Crippen LogP contribution in [0.25, 0.3) is 104 Å². The summed E-state index contributed by atoms with van der Waals surface area (Å²) < 4.78 is 10.9. The summed E-state index contributed by atoms with van der Waals surface area (Å²) >= 11 is 1.78. The Morgan fingerprint density at radius 2 is 1.10 bits per heavy atom. The van der Waals surface area contributed by atoms with E-state index in [9.17, 15) is 0 Å². The molecule has 4 aromatic heterocycles. The second-order valence-corrected chi connectivity index (χ2v) is 13.8. The van der Waals surface area contributed by atoms with E-state index in [1.54, 1.807) is 11.3 Å². The number of nitrogens with zero attached hydrogens (tertiary/aromatic N) is 4. The van der Waals surface area contributed by atoms with Crippen molar-refractivity contribution < 1.29 is 4.42 Å². The first-order valence-electron chi connectivity index (χ1n) is 16.9. The number of hydrogen-bond acceptors (Lipinski definition) is 5. The van der Waals surface area contributed by atoms with Crippen LogP contribution < -0.4 is 0 Å². The number of benzene rings is 7. The third kappa shape index (κ3) is 4.30. The SMILES string of the molecule is c1ccc(-n2c3ccccc3c3cccc(-c4nc(-c5ccc6oc7ccccc7c6c5)nc(-c5cccc6c5sc5ccccc56)n4)c32)cc1. The van der Waals surface area contributed by atoms with Gasteiger partial charge in [0.25, 0.3) is 0 Å². The molecule has 0 amide bonds. The zero-order valence-corrected chi connectivity index (χ0v) is 27.9. The van der Waals surface area contributed by atoms with E-state index in [4.69, 9.17) is 19.4 Å². The van der Waals surface area contributed by atoms with Gasteiger partial charge < -0.3 is 8.98 Å². The van der Waals surface area contributed by atoms with E-state index < -0.39 is 0 Å². The van der Waals surface area contributed by atoms with E-state index in [0.717, 1.165) is 65.4 Å². The predicted octanol–water partition coefficient (Wildman–Crippen LogP) is 12.2. The maximum atomic E-state index is 6.18. The molecule has 5 nitrogen and oxygen atoms in total. The van der Waals surface area contributed by atoms with E-state index in [1.807, 2.05) is 24.3 Å². The minimum atomic E-state index is 0.611. The highest BCUT2D eigenvalue weighted by Crippen LogP contribution is 2.42.